The molecule has 2 aromatic carbocycles. The van der Waals surface area contributed by atoms with E-state index in [4.69, 9.17) is 9.47 Å². The first-order valence-electron chi connectivity index (χ1n) is 8.78. The van der Waals surface area contributed by atoms with Crippen molar-refractivity contribution in [2.75, 3.05) is 20.8 Å². The second kappa shape index (κ2) is 9.62. The molecular weight excluding hydrogens is 344 g/mol. The molecule has 2 rings (SSSR count). The lowest BCUT2D eigenvalue weighted by Gasteiger charge is -2.28. The maximum absolute atomic E-state index is 12.8. The maximum atomic E-state index is 12.8. The molecule has 0 spiro atoms. The van der Waals surface area contributed by atoms with Crippen molar-refractivity contribution in [2.24, 2.45) is 0 Å². The number of aryl methyl sites for hydroxylation is 1. The summed E-state index contributed by atoms with van der Waals surface area (Å²) in [4.78, 5) is 26.5. The third-order valence-corrected chi connectivity index (χ3v) is 4.31. The summed E-state index contributed by atoms with van der Waals surface area (Å²) in [6.07, 6.45) is 0. The highest BCUT2D eigenvalue weighted by Crippen LogP contribution is 2.25. The molecule has 27 heavy (non-hydrogen) atoms. The van der Waals surface area contributed by atoms with Crippen LogP contribution in [0, 0.1) is 6.92 Å². The molecule has 0 aromatic heterocycles. The van der Waals surface area contributed by atoms with Gasteiger partial charge in [-0.3, -0.25) is 9.59 Å². The number of benzene rings is 2. The molecular formula is C21H26N2O4. The lowest BCUT2D eigenvalue weighted by molar-refractivity contribution is -0.142. The van der Waals surface area contributed by atoms with Crippen LogP contribution in [-0.4, -0.2) is 43.5 Å². The lowest BCUT2D eigenvalue weighted by atomic mass is 10.1. The van der Waals surface area contributed by atoms with Gasteiger partial charge in [0.1, 0.15) is 6.04 Å². The molecule has 1 atom stereocenters. The number of para-hydroxylation sites is 2. The van der Waals surface area contributed by atoms with Gasteiger partial charge in [0.15, 0.2) is 18.1 Å². The van der Waals surface area contributed by atoms with Crippen LogP contribution in [0.4, 0.5) is 0 Å². The monoisotopic (exact) mass is 370 g/mol. The Bertz CT molecular complexity index is 774. The molecule has 0 saturated heterocycles. The van der Waals surface area contributed by atoms with Crippen molar-refractivity contribution in [3.8, 4) is 11.5 Å². The smallest absolute Gasteiger partial charge is 0.261 e. The van der Waals surface area contributed by atoms with E-state index in [1.54, 1.807) is 39.3 Å². The van der Waals surface area contributed by atoms with Crippen LogP contribution in [0.1, 0.15) is 18.1 Å². The van der Waals surface area contributed by atoms with E-state index < -0.39 is 6.04 Å². The minimum Gasteiger partial charge on any atom is -0.493 e. The summed E-state index contributed by atoms with van der Waals surface area (Å²) in [5.74, 6) is 0.524. The molecule has 6 nitrogen and oxygen atoms in total. The molecule has 0 aliphatic carbocycles. The Morgan fingerprint density at radius 3 is 2.30 bits per heavy atom. The predicted molar refractivity (Wildman–Crippen MR) is 104 cm³/mol. The summed E-state index contributed by atoms with van der Waals surface area (Å²) >= 11 is 0. The van der Waals surface area contributed by atoms with E-state index in [9.17, 15) is 9.59 Å². The summed E-state index contributed by atoms with van der Waals surface area (Å²) in [6, 6.07) is 14.4. The Morgan fingerprint density at radius 1 is 1.07 bits per heavy atom. The molecule has 0 aliphatic rings. The zero-order chi connectivity index (χ0) is 19.8. The van der Waals surface area contributed by atoms with Crippen LogP contribution in [0.25, 0.3) is 0 Å². The van der Waals surface area contributed by atoms with E-state index in [2.05, 4.69) is 5.32 Å². The number of carbonyl (C=O) groups excluding carboxylic acids is 2. The molecule has 2 aromatic rings. The largest absolute Gasteiger partial charge is 0.493 e. The first-order valence-corrected chi connectivity index (χ1v) is 8.78. The molecule has 0 heterocycles. The van der Waals surface area contributed by atoms with Crippen molar-refractivity contribution in [1.29, 1.82) is 0 Å². The van der Waals surface area contributed by atoms with Crippen molar-refractivity contribution in [2.45, 2.75) is 26.4 Å². The lowest BCUT2D eigenvalue weighted by Crippen LogP contribution is -2.48. The van der Waals surface area contributed by atoms with Gasteiger partial charge in [0.05, 0.1) is 7.11 Å². The normalized spacial score (nSPS) is 11.4. The molecule has 0 bridgehead atoms. The fraction of sp³-hybridized carbons (Fsp3) is 0.333. The molecule has 0 radical (unpaired) electrons. The third kappa shape index (κ3) is 5.48. The number of methoxy groups -OCH3 is 1. The third-order valence-electron chi connectivity index (χ3n) is 4.31. The first-order chi connectivity index (χ1) is 13.0. The highest BCUT2D eigenvalue weighted by Gasteiger charge is 2.26. The number of carbonyl (C=O) groups is 2. The van der Waals surface area contributed by atoms with Crippen molar-refractivity contribution >= 4 is 11.8 Å². The van der Waals surface area contributed by atoms with Crippen LogP contribution in [0.5, 0.6) is 11.5 Å². The number of hydrogen-bond acceptors (Lipinski definition) is 4. The number of ether oxygens (including phenoxy) is 2. The zero-order valence-corrected chi connectivity index (χ0v) is 16.2. The first kappa shape index (κ1) is 20.3. The highest BCUT2D eigenvalue weighted by atomic mass is 16.5. The molecule has 0 unspecified atom stereocenters. The molecule has 0 saturated carbocycles. The number of hydrogen-bond donors (Lipinski definition) is 1. The zero-order valence-electron chi connectivity index (χ0n) is 16.2. The standard InChI is InChI=1S/C21H26N2O4/c1-15-9-11-17(12-10-15)13-23(16(2)21(25)22-3)20(24)14-27-19-8-6-5-7-18(19)26-4/h5-12,16H,13-14H2,1-4H3,(H,22,25)/t16-/m0/s1. The number of nitrogens with zero attached hydrogens (tertiary/aromatic N) is 1. The Labute approximate surface area is 160 Å². The minimum absolute atomic E-state index is 0.187. The van der Waals surface area contributed by atoms with Crippen molar-refractivity contribution in [1.82, 2.24) is 10.2 Å². The van der Waals surface area contributed by atoms with Crippen molar-refractivity contribution in [3.05, 3.63) is 59.7 Å². The SMILES string of the molecule is CNC(=O)[C@H](C)N(Cc1ccc(C)cc1)C(=O)COc1ccccc1OC. The van der Waals surface area contributed by atoms with Gasteiger partial charge in [0, 0.05) is 13.6 Å². The Morgan fingerprint density at radius 2 is 1.70 bits per heavy atom. The van der Waals surface area contributed by atoms with E-state index in [1.807, 2.05) is 37.3 Å². The van der Waals surface area contributed by atoms with E-state index in [1.165, 1.54) is 4.90 Å². The van der Waals surface area contributed by atoms with E-state index in [0.717, 1.165) is 11.1 Å². The molecule has 6 heteroatoms. The van der Waals surface area contributed by atoms with Gasteiger partial charge in [-0.1, -0.05) is 42.0 Å². The average molecular weight is 370 g/mol. The Kier molecular flexibility index (Phi) is 7.23. The van der Waals surface area contributed by atoms with Gasteiger partial charge in [-0.25, -0.2) is 0 Å². The summed E-state index contributed by atoms with van der Waals surface area (Å²) in [5, 5.41) is 2.59. The van der Waals surface area contributed by atoms with Gasteiger partial charge in [0.25, 0.3) is 5.91 Å². The Balaban J connectivity index is 2.14. The second-order valence-corrected chi connectivity index (χ2v) is 6.24. The fourth-order valence-electron chi connectivity index (χ4n) is 2.64. The van der Waals surface area contributed by atoms with Gasteiger partial charge in [-0.05, 0) is 31.5 Å². The molecule has 2 amide bonds. The van der Waals surface area contributed by atoms with Crippen molar-refractivity contribution < 1.29 is 19.1 Å². The van der Waals surface area contributed by atoms with Crippen LogP contribution in [0.3, 0.4) is 0 Å². The van der Waals surface area contributed by atoms with Crippen LogP contribution < -0.4 is 14.8 Å². The Hall–Kier alpha value is -3.02. The molecule has 1 N–H and O–H groups in total. The van der Waals surface area contributed by atoms with Gasteiger partial charge < -0.3 is 19.7 Å². The number of rotatable bonds is 8. The van der Waals surface area contributed by atoms with Gasteiger partial charge in [0.2, 0.25) is 5.91 Å². The predicted octanol–water partition coefficient (Wildman–Crippen LogP) is 2.55. The fourth-order valence-corrected chi connectivity index (χ4v) is 2.64. The van der Waals surface area contributed by atoms with E-state index in [0.29, 0.717) is 18.0 Å². The maximum Gasteiger partial charge on any atom is 0.261 e. The number of nitrogens with one attached hydrogen (secondary N) is 1. The van der Waals surface area contributed by atoms with Gasteiger partial charge >= 0.3 is 0 Å². The van der Waals surface area contributed by atoms with Crippen LogP contribution in [0.2, 0.25) is 0 Å². The number of amides is 2. The summed E-state index contributed by atoms with van der Waals surface area (Å²) < 4.78 is 10.9. The minimum atomic E-state index is -0.620. The average Bonchev–Trinajstić information content (AvgIpc) is 2.70. The molecule has 0 aliphatic heterocycles. The van der Waals surface area contributed by atoms with E-state index >= 15 is 0 Å². The highest BCUT2D eigenvalue weighted by molar-refractivity contribution is 5.87. The van der Waals surface area contributed by atoms with Crippen LogP contribution in [-0.2, 0) is 16.1 Å². The summed E-state index contributed by atoms with van der Waals surface area (Å²) in [7, 11) is 3.10. The van der Waals surface area contributed by atoms with E-state index in [-0.39, 0.29) is 18.4 Å². The van der Waals surface area contributed by atoms with Gasteiger partial charge in [-0.2, -0.15) is 0 Å². The molecule has 0 fully saturated rings. The topological polar surface area (TPSA) is 67.9 Å². The summed E-state index contributed by atoms with van der Waals surface area (Å²) in [6.45, 7) is 3.84. The molecule has 144 valence electrons. The quantitative estimate of drug-likeness (QED) is 0.775. The second-order valence-electron chi connectivity index (χ2n) is 6.24. The van der Waals surface area contributed by atoms with Crippen LogP contribution >= 0.6 is 0 Å². The van der Waals surface area contributed by atoms with Gasteiger partial charge in [-0.15, -0.1) is 0 Å². The van der Waals surface area contributed by atoms with Crippen LogP contribution in [0.15, 0.2) is 48.5 Å². The number of likely N-dealkylation sites (N-methyl/N-ethyl adjacent to an activating group) is 1. The summed E-state index contributed by atoms with van der Waals surface area (Å²) in [5.41, 5.74) is 2.08. The van der Waals surface area contributed by atoms with Crippen molar-refractivity contribution in [3.63, 3.8) is 0 Å².